The van der Waals surface area contributed by atoms with Crippen molar-refractivity contribution in [2.45, 2.75) is 31.6 Å². The first-order valence-corrected chi connectivity index (χ1v) is 7.51. The van der Waals surface area contributed by atoms with Crippen molar-refractivity contribution < 1.29 is 13.5 Å². The van der Waals surface area contributed by atoms with Gasteiger partial charge >= 0.3 is 0 Å². The van der Waals surface area contributed by atoms with Gasteiger partial charge in [0.15, 0.2) is 0 Å². The molecule has 0 aliphatic heterocycles. The Morgan fingerprint density at radius 1 is 1.22 bits per heavy atom. The van der Waals surface area contributed by atoms with E-state index < -0.39 is 10.0 Å². The van der Waals surface area contributed by atoms with E-state index in [4.69, 9.17) is 5.11 Å². The predicted octanol–water partition coefficient (Wildman–Crippen LogP) is 1.76. The molecule has 0 atom stereocenters. The van der Waals surface area contributed by atoms with E-state index in [0.717, 1.165) is 6.42 Å². The zero-order valence-corrected chi connectivity index (χ0v) is 11.7. The third-order valence-electron chi connectivity index (χ3n) is 2.80. The fourth-order valence-corrected chi connectivity index (χ4v) is 2.63. The molecule has 0 heterocycles. The third kappa shape index (κ3) is 4.76. The van der Waals surface area contributed by atoms with Crippen LogP contribution in [0.15, 0.2) is 35.2 Å². The zero-order chi connectivity index (χ0) is 13.6. The van der Waals surface area contributed by atoms with Crippen molar-refractivity contribution in [3.05, 3.63) is 30.3 Å². The lowest BCUT2D eigenvalue weighted by atomic mass is 9.89. The van der Waals surface area contributed by atoms with Crippen LogP contribution in [0.5, 0.6) is 0 Å². The molecule has 5 heteroatoms. The van der Waals surface area contributed by atoms with Gasteiger partial charge in [-0.1, -0.05) is 32.0 Å². The van der Waals surface area contributed by atoms with Gasteiger partial charge in [0.05, 0.1) is 4.90 Å². The van der Waals surface area contributed by atoms with Gasteiger partial charge < -0.3 is 5.11 Å². The summed E-state index contributed by atoms with van der Waals surface area (Å²) in [5.74, 6) is 0. The van der Waals surface area contributed by atoms with Gasteiger partial charge in [-0.25, -0.2) is 13.1 Å². The molecule has 1 aromatic carbocycles. The molecule has 2 N–H and O–H groups in total. The summed E-state index contributed by atoms with van der Waals surface area (Å²) >= 11 is 0. The molecule has 0 saturated carbocycles. The summed E-state index contributed by atoms with van der Waals surface area (Å²) in [5.41, 5.74) is -0.155. The Kier molecular flexibility index (Phi) is 5.31. The lowest BCUT2D eigenvalue weighted by Crippen LogP contribution is -2.26. The maximum atomic E-state index is 11.9. The molecule has 18 heavy (non-hydrogen) atoms. The Balaban J connectivity index is 2.45. The van der Waals surface area contributed by atoms with Crippen LogP contribution in [0, 0.1) is 5.41 Å². The Morgan fingerprint density at radius 3 is 2.39 bits per heavy atom. The largest absolute Gasteiger partial charge is 0.396 e. The Bertz CT molecular complexity index is 454. The number of nitrogens with one attached hydrogen (secondary N) is 1. The number of aliphatic hydroxyl groups excluding tert-OH is 1. The summed E-state index contributed by atoms with van der Waals surface area (Å²) in [6.07, 6.45) is 1.49. The quantitative estimate of drug-likeness (QED) is 0.743. The molecule has 0 aliphatic carbocycles. The van der Waals surface area contributed by atoms with Crippen molar-refractivity contribution in [1.29, 1.82) is 0 Å². The fourth-order valence-electron chi connectivity index (χ4n) is 1.54. The molecule has 1 rings (SSSR count). The monoisotopic (exact) mass is 271 g/mol. The van der Waals surface area contributed by atoms with Crippen LogP contribution in [0.4, 0.5) is 0 Å². The minimum Gasteiger partial charge on any atom is -0.396 e. The molecule has 0 aromatic heterocycles. The van der Waals surface area contributed by atoms with Crippen LogP contribution >= 0.6 is 0 Å². The van der Waals surface area contributed by atoms with Crippen LogP contribution in [0.2, 0.25) is 0 Å². The number of sulfonamides is 1. The highest BCUT2D eigenvalue weighted by molar-refractivity contribution is 7.89. The maximum absolute atomic E-state index is 11.9. The number of aliphatic hydroxyl groups is 1. The van der Waals surface area contributed by atoms with Crippen molar-refractivity contribution in [3.8, 4) is 0 Å². The Labute approximate surface area is 109 Å². The summed E-state index contributed by atoms with van der Waals surface area (Å²) in [7, 11) is -3.40. The van der Waals surface area contributed by atoms with Crippen LogP contribution in [-0.2, 0) is 10.0 Å². The van der Waals surface area contributed by atoms with Crippen molar-refractivity contribution in [3.63, 3.8) is 0 Å². The number of hydrogen-bond acceptors (Lipinski definition) is 3. The van der Waals surface area contributed by atoms with Gasteiger partial charge in [-0.15, -0.1) is 0 Å². The van der Waals surface area contributed by atoms with E-state index >= 15 is 0 Å². The topological polar surface area (TPSA) is 66.4 Å². The summed E-state index contributed by atoms with van der Waals surface area (Å²) in [6.45, 7) is 4.41. The van der Waals surface area contributed by atoms with E-state index in [9.17, 15) is 8.42 Å². The first kappa shape index (κ1) is 15.1. The van der Waals surface area contributed by atoms with Crippen molar-refractivity contribution in [2.24, 2.45) is 5.41 Å². The molecule has 0 aliphatic rings. The highest BCUT2D eigenvalue weighted by atomic mass is 32.2. The second-order valence-corrected chi connectivity index (χ2v) is 6.90. The molecule has 1 aromatic rings. The molecule has 0 saturated heterocycles. The molecular weight excluding hydrogens is 250 g/mol. The average Bonchev–Trinajstić information content (AvgIpc) is 2.36. The van der Waals surface area contributed by atoms with Gasteiger partial charge in [0.1, 0.15) is 0 Å². The fraction of sp³-hybridized carbons (Fsp3) is 0.538. The highest BCUT2D eigenvalue weighted by Gasteiger charge is 2.17. The number of benzene rings is 1. The molecule has 0 spiro atoms. The van der Waals surface area contributed by atoms with Crippen LogP contribution in [-0.4, -0.2) is 26.7 Å². The minimum atomic E-state index is -3.40. The number of rotatable bonds is 7. The Hall–Kier alpha value is -0.910. The predicted molar refractivity (Wildman–Crippen MR) is 71.7 cm³/mol. The summed E-state index contributed by atoms with van der Waals surface area (Å²) in [4.78, 5) is 0.284. The lowest BCUT2D eigenvalue weighted by molar-refractivity contribution is 0.148. The summed E-state index contributed by atoms with van der Waals surface area (Å²) < 4.78 is 26.3. The molecule has 0 fully saturated rings. The van der Waals surface area contributed by atoms with Gasteiger partial charge in [-0.2, -0.15) is 0 Å². The van der Waals surface area contributed by atoms with E-state index in [1.54, 1.807) is 30.3 Å². The van der Waals surface area contributed by atoms with Crippen molar-refractivity contribution in [2.75, 3.05) is 13.2 Å². The number of hydrogen-bond donors (Lipinski definition) is 2. The van der Waals surface area contributed by atoms with Crippen LogP contribution in [0.1, 0.15) is 26.7 Å². The standard InChI is InChI=1S/C13H21NO3S/c1-13(2,11-15)9-6-10-14-18(16,17)12-7-4-3-5-8-12/h3-5,7-8,14-15H,6,9-11H2,1-2H3. The second-order valence-electron chi connectivity index (χ2n) is 5.14. The van der Waals surface area contributed by atoms with Crippen LogP contribution in [0.3, 0.4) is 0 Å². The minimum absolute atomic E-state index is 0.110. The summed E-state index contributed by atoms with van der Waals surface area (Å²) in [5, 5.41) is 9.09. The third-order valence-corrected chi connectivity index (χ3v) is 4.28. The van der Waals surface area contributed by atoms with E-state index in [1.807, 2.05) is 13.8 Å². The molecule has 102 valence electrons. The van der Waals surface area contributed by atoms with Gasteiger partial charge in [-0.05, 0) is 30.4 Å². The molecule has 0 unspecified atom stereocenters. The molecule has 4 nitrogen and oxygen atoms in total. The Morgan fingerprint density at radius 2 is 1.83 bits per heavy atom. The normalized spacial score (nSPS) is 12.6. The lowest BCUT2D eigenvalue weighted by Gasteiger charge is -2.21. The van der Waals surface area contributed by atoms with Crippen LogP contribution in [0.25, 0.3) is 0 Å². The molecule has 0 radical (unpaired) electrons. The van der Waals surface area contributed by atoms with Crippen molar-refractivity contribution in [1.82, 2.24) is 4.72 Å². The second kappa shape index (κ2) is 6.31. The van der Waals surface area contributed by atoms with Crippen LogP contribution < -0.4 is 4.72 Å². The van der Waals surface area contributed by atoms with E-state index in [2.05, 4.69) is 4.72 Å². The SMILES string of the molecule is CC(C)(CO)CCCNS(=O)(=O)c1ccccc1. The van der Waals surface area contributed by atoms with Crippen molar-refractivity contribution >= 4 is 10.0 Å². The average molecular weight is 271 g/mol. The van der Waals surface area contributed by atoms with E-state index in [1.165, 1.54) is 0 Å². The van der Waals surface area contributed by atoms with Gasteiger partial charge in [0, 0.05) is 13.2 Å². The van der Waals surface area contributed by atoms with Gasteiger partial charge in [0.2, 0.25) is 10.0 Å². The van der Waals surface area contributed by atoms with Gasteiger partial charge in [-0.3, -0.25) is 0 Å². The summed E-state index contributed by atoms with van der Waals surface area (Å²) in [6, 6.07) is 8.32. The first-order chi connectivity index (χ1) is 8.37. The maximum Gasteiger partial charge on any atom is 0.240 e. The molecular formula is C13H21NO3S. The van der Waals surface area contributed by atoms with E-state index in [-0.39, 0.29) is 16.9 Å². The van der Waals surface area contributed by atoms with Gasteiger partial charge in [0.25, 0.3) is 0 Å². The highest BCUT2D eigenvalue weighted by Crippen LogP contribution is 2.20. The zero-order valence-electron chi connectivity index (χ0n) is 10.9. The van der Waals surface area contributed by atoms with E-state index in [0.29, 0.717) is 13.0 Å². The molecule has 0 amide bonds. The molecule has 0 bridgehead atoms. The first-order valence-electron chi connectivity index (χ1n) is 6.03. The smallest absolute Gasteiger partial charge is 0.240 e.